The van der Waals surface area contributed by atoms with Gasteiger partial charge in [-0.1, -0.05) is 54.6 Å². The highest BCUT2D eigenvalue weighted by molar-refractivity contribution is 7.14. The number of rotatable bonds is 12. The number of allylic oxidation sites excluding steroid dienone is 1. The third-order valence-corrected chi connectivity index (χ3v) is 6.33. The topological polar surface area (TPSA) is 93.5 Å². The number of amides is 1. The third-order valence-electron chi connectivity index (χ3n) is 5.57. The summed E-state index contributed by atoms with van der Waals surface area (Å²) in [5.74, 6) is 1.43. The van der Waals surface area contributed by atoms with Gasteiger partial charge in [-0.15, -0.1) is 17.9 Å². The second kappa shape index (κ2) is 13.6. The van der Waals surface area contributed by atoms with Gasteiger partial charge in [0, 0.05) is 10.9 Å². The highest BCUT2D eigenvalue weighted by Gasteiger charge is 2.13. The van der Waals surface area contributed by atoms with E-state index < -0.39 is 5.91 Å². The van der Waals surface area contributed by atoms with Crippen molar-refractivity contribution in [3.63, 3.8) is 0 Å². The quantitative estimate of drug-likeness (QED) is 0.0953. The molecule has 0 fully saturated rings. The summed E-state index contributed by atoms with van der Waals surface area (Å²) in [7, 11) is 1.61. The Hall–Kier alpha value is -4.87. The summed E-state index contributed by atoms with van der Waals surface area (Å²) in [6.07, 6.45) is 4.12. The number of methoxy groups -OCH3 is 1. The molecule has 1 aromatic heterocycles. The monoisotopic (exact) mass is 537 g/mol. The molecule has 0 bridgehead atoms. The lowest BCUT2D eigenvalue weighted by molar-refractivity contribution is -0.112. The number of carbonyl (C=O) groups excluding carboxylic acids is 1. The zero-order valence-corrected chi connectivity index (χ0v) is 22.2. The molecule has 0 saturated heterocycles. The number of aromatic nitrogens is 1. The SMILES string of the molecule is C=CCc1ccc(OCCOc2ccc(C=C(C#N)C(=O)Nc3nc(-c4ccccc4)cs3)cc2)c(OC)c1. The van der Waals surface area contributed by atoms with Gasteiger partial charge in [0.2, 0.25) is 0 Å². The van der Waals surface area contributed by atoms with E-state index in [2.05, 4.69) is 16.9 Å². The van der Waals surface area contributed by atoms with Crippen LogP contribution in [0.1, 0.15) is 11.1 Å². The van der Waals surface area contributed by atoms with E-state index in [-0.39, 0.29) is 5.57 Å². The molecule has 1 N–H and O–H groups in total. The van der Waals surface area contributed by atoms with Crippen LogP contribution in [0.15, 0.2) is 96.4 Å². The molecule has 0 aliphatic carbocycles. The van der Waals surface area contributed by atoms with Crippen LogP contribution in [0, 0.1) is 11.3 Å². The Balaban J connectivity index is 1.29. The normalized spacial score (nSPS) is 10.8. The van der Waals surface area contributed by atoms with Crippen LogP contribution in [-0.4, -0.2) is 31.2 Å². The Bertz CT molecular complexity index is 1490. The van der Waals surface area contributed by atoms with Crippen LogP contribution in [0.3, 0.4) is 0 Å². The lowest BCUT2D eigenvalue weighted by Gasteiger charge is -2.12. The zero-order valence-electron chi connectivity index (χ0n) is 21.4. The molecular weight excluding hydrogens is 510 g/mol. The zero-order chi connectivity index (χ0) is 27.5. The summed E-state index contributed by atoms with van der Waals surface area (Å²) in [5.41, 5.74) is 3.48. The summed E-state index contributed by atoms with van der Waals surface area (Å²) in [6.45, 7) is 4.42. The Kier molecular flexibility index (Phi) is 9.48. The van der Waals surface area contributed by atoms with E-state index in [9.17, 15) is 10.1 Å². The van der Waals surface area contributed by atoms with Crippen molar-refractivity contribution >= 4 is 28.5 Å². The number of nitrogens with one attached hydrogen (secondary N) is 1. The van der Waals surface area contributed by atoms with Gasteiger partial charge in [-0.05, 0) is 47.9 Å². The molecule has 3 aromatic carbocycles. The first-order valence-electron chi connectivity index (χ1n) is 12.2. The average Bonchev–Trinajstić information content (AvgIpc) is 3.44. The minimum Gasteiger partial charge on any atom is -0.493 e. The van der Waals surface area contributed by atoms with Crippen molar-refractivity contribution in [3.05, 3.63) is 108 Å². The Morgan fingerprint density at radius 3 is 2.54 bits per heavy atom. The average molecular weight is 538 g/mol. The maximum Gasteiger partial charge on any atom is 0.268 e. The van der Waals surface area contributed by atoms with Crippen molar-refractivity contribution in [2.45, 2.75) is 6.42 Å². The third kappa shape index (κ3) is 7.57. The van der Waals surface area contributed by atoms with E-state index >= 15 is 0 Å². The first-order valence-corrected chi connectivity index (χ1v) is 13.0. The van der Waals surface area contributed by atoms with Crippen molar-refractivity contribution in [2.75, 3.05) is 25.6 Å². The second-order valence-corrected chi connectivity index (χ2v) is 9.13. The number of ether oxygens (including phenoxy) is 3. The van der Waals surface area contributed by atoms with E-state index in [1.54, 1.807) is 31.4 Å². The highest BCUT2D eigenvalue weighted by Crippen LogP contribution is 2.28. The molecule has 7 nitrogen and oxygen atoms in total. The summed E-state index contributed by atoms with van der Waals surface area (Å²) in [6, 6.07) is 24.5. The molecule has 0 radical (unpaired) electrons. The van der Waals surface area contributed by atoms with Gasteiger partial charge in [-0.2, -0.15) is 5.26 Å². The number of nitriles is 1. The van der Waals surface area contributed by atoms with E-state index in [1.807, 2.05) is 66.1 Å². The van der Waals surface area contributed by atoms with Crippen molar-refractivity contribution in [1.82, 2.24) is 4.98 Å². The van der Waals surface area contributed by atoms with Gasteiger partial charge in [0.15, 0.2) is 16.6 Å². The second-order valence-electron chi connectivity index (χ2n) is 8.27. The van der Waals surface area contributed by atoms with Crippen LogP contribution in [0.25, 0.3) is 17.3 Å². The first-order chi connectivity index (χ1) is 19.1. The molecule has 196 valence electrons. The van der Waals surface area contributed by atoms with E-state index in [1.165, 1.54) is 17.4 Å². The van der Waals surface area contributed by atoms with Gasteiger partial charge in [-0.3, -0.25) is 10.1 Å². The number of anilines is 1. The molecule has 0 atom stereocenters. The van der Waals surface area contributed by atoms with Gasteiger partial charge in [0.05, 0.1) is 12.8 Å². The van der Waals surface area contributed by atoms with Crippen molar-refractivity contribution in [2.24, 2.45) is 0 Å². The molecule has 0 spiro atoms. The van der Waals surface area contributed by atoms with Gasteiger partial charge in [-0.25, -0.2) is 4.98 Å². The smallest absolute Gasteiger partial charge is 0.268 e. The summed E-state index contributed by atoms with van der Waals surface area (Å²) in [5, 5.41) is 14.5. The van der Waals surface area contributed by atoms with E-state index in [0.717, 1.165) is 23.2 Å². The fraction of sp³-hybridized carbons (Fsp3) is 0.129. The van der Waals surface area contributed by atoms with Gasteiger partial charge in [0.25, 0.3) is 5.91 Å². The predicted octanol–water partition coefficient (Wildman–Crippen LogP) is 6.55. The van der Waals surface area contributed by atoms with Crippen LogP contribution in [0.5, 0.6) is 17.2 Å². The fourth-order valence-electron chi connectivity index (χ4n) is 3.65. The van der Waals surface area contributed by atoms with Crippen LogP contribution in [0.4, 0.5) is 5.13 Å². The van der Waals surface area contributed by atoms with Crippen LogP contribution in [0.2, 0.25) is 0 Å². The minimum absolute atomic E-state index is 0.0263. The van der Waals surface area contributed by atoms with Crippen LogP contribution < -0.4 is 19.5 Å². The number of hydrogen-bond donors (Lipinski definition) is 1. The van der Waals surface area contributed by atoms with Crippen molar-refractivity contribution in [1.29, 1.82) is 5.26 Å². The van der Waals surface area contributed by atoms with E-state index in [0.29, 0.717) is 41.2 Å². The largest absolute Gasteiger partial charge is 0.493 e. The molecule has 4 rings (SSSR count). The lowest BCUT2D eigenvalue weighted by atomic mass is 10.1. The van der Waals surface area contributed by atoms with Gasteiger partial charge < -0.3 is 14.2 Å². The molecule has 1 heterocycles. The predicted molar refractivity (Wildman–Crippen MR) is 154 cm³/mol. The van der Waals surface area contributed by atoms with Gasteiger partial charge in [0.1, 0.15) is 30.6 Å². The lowest BCUT2D eigenvalue weighted by Crippen LogP contribution is -2.13. The van der Waals surface area contributed by atoms with Crippen molar-refractivity contribution in [3.8, 4) is 34.6 Å². The molecule has 0 aliphatic rings. The maximum atomic E-state index is 12.7. The molecule has 0 unspecified atom stereocenters. The molecule has 39 heavy (non-hydrogen) atoms. The molecule has 0 saturated carbocycles. The molecule has 1 amide bonds. The standard InChI is InChI=1S/C31H27N3O4S/c1-3-7-22-12-15-28(29(19-22)36-2)38-17-16-37-26-13-10-23(11-14-26)18-25(20-32)30(35)34-31-33-27(21-39-31)24-8-5-4-6-9-24/h3-6,8-15,18-19,21H,1,7,16-17H2,2H3,(H,33,34,35). The Morgan fingerprint density at radius 2 is 1.82 bits per heavy atom. The summed E-state index contributed by atoms with van der Waals surface area (Å²) < 4.78 is 17.0. The maximum absolute atomic E-state index is 12.7. The number of nitrogens with zero attached hydrogens (tertiary/aromatic N) is 2. The molecule has 4 aromatic rings. The number of carbonyl (C=O) groups is 1. The Morgan fingerprint density at radius 1 is 1.05 bits per heavy atom. The fourth-order valence-corrected chi connectivity index (χ4v) is 4.36. The molecule has 8 heteroatoms. The molecule has 0 aliphatic heterocycles. The summed E-state index contributed by atoms with van der Waals surface area (Å²) >= 11 is 1.30. The van der Waals surface area contributed by atoms with Crippen LogP contribution in [-0.2, 0) is 11.2 Å². The Labute approximate surface area is 231 Å². The number of thiazole rings is 1. The first kappa shape index (κ1) is 27.2. The number of benzene rings is 3. The van der Waals surface area contributed by atoms with E-state index in [4.69, 9.17) is 14.2 Å². The molecular formula is C31H27N3O4S. The number of hydrogen-bond acceptors (Lipinski definition) is 7. The minimum atomic E-state index is -0.517. The highest BCUT2D eigenvalue weighted by atomic mass is 32.1. The summed E-state index contributed by atoms with van der Waals surface area (Å²) in [4.78, 5) is 17.1. The van der Waals surface area contributed by atoms with Crippen LogP contribution >= 0.6 is 11.3 Å². The van der Waals surface area contributed by atoms with Gasteiger partial charge >= 0.3 is 0 Å². The van der Waals surface area contributed by atoms with Crippen molar-refractivity contribution < 1.29 is 19.0 Å².